The maximum absolute atomic E-state index is 11.9. The highest BCUT2D eigenvalue weighted by Crippen LogP contribution is 2.09. The molecular formula is C17H25NO3. The van der Waals surface area contributed by atoms with Gasteiger partial charge in [0.2, 0.25) is 5.91 Å². The van der Waals surface area contributed by atoms with Gasteiger partial charge in [0.15, 0.2) is 0 Å². The summed E-state index contributed by atoms with van der Waals surface area (Å²) in [5.41, 5.74) is 1.11. The lowest BCUT2D eigenvalue weighted by molar-refractivity contribution is -0.137. The van der Waals surface area contributed by atoms with Gasteiger partial charge >= 0.3 is 5.97 Å². The minimum Gasteiger partial charge on any atom is -0.481 e. The summed E-state index contributed by atoms with van der Waals surface area (Å²) in [7, 11) is 0. The van der Waals surface area contributed by atoms with E-state index in [4.69, 9.17) is 5.11 Å². The maximum Gasteiger partial charge on any atom is 0.303 e. The first-order chi connectivity index (χ1) is 9.97. The van der Waals surface area contributed by atoms with Crippen molar-refractivity contribution >= 4 is 11.9 Å². The van der Waals surface area contributed by atoms with Crippen molar-refractivity contribution in [3.05, 3.63) is 35.9 Å². The zero-order valence-corrected chi connectivity index (χ0v) is 12.8. The van der Waals surface area contributed by atoms with Gasteiger partial charge in [0, 0.05) is 18.9 Å². The third-order valence-corrected chi connectivity index (χ3v) is 3.35. The van der Waals surface area contributed by atoms with Gasteiger partial charge in [-0.3, -0.25) is 9.59 Å². The average Bonchev–Trinajstić information content (AvgIpc) is 2.43. The molecule has 0 fully saturated rings. The average molecular weight is 291 g/mol. The number of carbonyl (C=O) groups excluding carboxylic acids is 1. The molecule has 1 rings (SSSR count). The first-order valence-electron chi connectivity index (χ1n) is 7.52. The largest absolute Gasteiger partial charge is 0.481 e. The van der Waals surface area contributed by atoms with E-state index in [0.717, 1.165) is 12.0 Å². The highest BCUT2D eigenvalue weighted by atomic mass is 16.4. The number of amides is 1. The van der Waals surface area contributed by atoms with Crippen molar-refractivity contribution in [3.8, 4) is 0 Å². The van der Waals surface area contributed by atoms with Gasteiger partial charge in [-0.1, -0.05) is 44.2 Å². The minimum absolute atomic E-state index is 0.00928. The third-order valence-electron chi connectivity index (χ3n) is 3.35. The second-order valence-electron chi connectivity index (χ2n) is 5.82. The van der Waals surface area contributed by atoms with Gasteiger partial charge in [-0.05, 0) is 30.7 Å². The Balaban J connectivity index is 2.55. The number of carboxylic acid groups (broad SMARTS) is 1. The van der Waals surface area contributed by atoms with E-state index in [2.05, 4.69) is 19.2 Å². The first kappa shape index (κ1) is 17.2. The number of carboxylic acids is 1. The second-order valence-corrected chi connectivity index (χ2v) is 5.82. The van der Waals surface area contributed by atoms with E-state index in [9.17, 15) is 9.59 Å². The fraction of sp³-hybridized carbons (Fsp3) is 0.529. The van der Waals surface area contributed by atoms with Crippen molar-refractivity contribution in [1.29, 1.82) is 0 Å². The van der Waals surface area contributed by atoms with Crippen molar-refractivity contribution in [2.75, 3.05) is 0 Å². The molecule has 4 heteroatoms. The molecule has 0 spiro atoms. The van der Waals surface area contributed by atoms with Crippen LogP contribution in [0.4, 0.5) is 0 Å². The Morgan fingerprint density at radius 1 is 1.10 bits per heavy atom. The van der Waals surface area contributed by atoms with Gasteiger partial charge in [-0.25, -0.2) is 0 Å². The van der Waals surface area contributed by atoms with Crippen LogP contribution in [-0.2, 0) is 16.0 Å². The smallest absolute Gasteiger partial charge is 0.303 e. The van der Waals surface area contributed by atoms with Crippen LogP contribution in [0, 0.1) is 5.92 Å². The van der Waals surface area contributed by atoms with E-state index in [-0.39, 0.29) is 18.4 Å². The van der Waals surface area contributed by atoms with Crippen molar-refractivity contribution in [1.82, 2.24) is 5.32 Å². The minimum atomic E-state index is -0.829. The van der Waals surface area contributed by atoms with Crippen LogP contribution >= 0.6 is 0 Å². The number of hydrogen-bond acceptors (Lipinski definition) is 2. The zero-order chi connectivity index (χ0) is 15.7. The SMILES string of the molecule is CC(C)CCC(=O)NC(CCC(=O)O)Cc1ccccc1. The molecule has 0 heterocycles. The first-order valence-corrected chi connectivity index (χ1v) is 7.52. The second kappa shape index (κ2) is 9.16. The van der Waals surface area contributed by atoms with Crippen LogP contribution in [-0.4, -0.2) is 23.0 Å². The number of carbonyl (C=O) groups is 2. The van der Waals surface area contributed by atoms with Crippen LogP contribution in [0.1, 0.15) is 45.1 Å². The van der Waals surface area contributed by atoms with Gasteiger partial charge < -0.3 is 10.4 Å². The molecule has 2 N–H and O–H groups in total. The molecule has 0 saturated carbocycles. The predicted octanol–water partition coefficient (Wildman–Crippen LogP) is 3.01. The summed E-state index contributed by atoms with van der Waals surface area (Å²) in [5, 5.41) is 11.8. The topological polar surface area (TPSA) is 66.4 Å². The molecule has 21 heavy (non-hydrogen) atoms. The van der Waals surface area contributed by atoms with E-state index in [1.807, 2.05) is 30.3 Å². The van der Waals surface area contributed by atoms with E-state index in [0.29, 0.717) is 25.2 Å². The molecule has 0 aromatic heterocycles. The summed E-state index contributed by atoms with van der Waals surface area (Å²) in [6, 6.07) is 9.70. The summed E-state index contributed by atoms with van der Waals surface area (Å²) < 4.78 is 0. The van der Waals surface area contributed by atoms with E-state index < -0.39 is 5.97 Å². The molecule has 4 nitrogen and oxygen atoms in total. The molecule has 0 saturated heterocycles. The van der Waals surface area contributed by atoms with Crippen molar-refractivity contribution in [3.63, 3.8) is 0 Å². The van der Waals surface area contributed by atoms with E-state index in [1.165, 1.54) is 0 Å². The number of hydrogen-bond donors (Lipinski definition) is 2. The summed E-state index contributed by atoms with van der Waals surface area (Å²) in [5.74, 6) is -0.332. The zero-order valence-electron chi connectivity index (χ0n) is 12.8. The summed E-state index contributed by atoms with van der Waals surface area (Å²) in [4.78, 5) is 22.7. The Bertz CT molecular complexity index is 443. The number of aliphatic carboxylic acids is 1. The lowest BCUT2D eigenvalue weighted by Crippen LogP contribution is -2.36. The molecule has 1 unspecified atom stereocenters. The Kier molecular flexibility index (Phi) is 7.51. The van der Waals surface area contributed by atoms with Crippen LogP contribution in [0.15, 0.2) is 30.3 Å². The summed E-state index contributed by atoms with van der Waals surface area (Å²) >= 11 is 0. The molecule has 1 aromatic carbocycles. The standard InChI is InChI=1S/C17H25NO3/c1-13(2)8-10-16(19)18-15(9-11-17(20)21)12-14-6-4-3-5-7-14/h3-7,13,15H,8-12H2,1-2H3,(H,18,19)(H,20,21). The van der Waals surface area contributed by atoms with Crippen molar-refractivity contribution < 1.29 is 14.7 Å². The van der Waals surface area contributed by atoms with Gasteiger partial charge in [0.05, 0.1) is 0 Å². The van der Waals surface area contributed by atoms with Gasteiger partial charge in [0.1, 0.15) is 0 Å². The molecule has 0 aliphatic heterocycles. The monoisotopic (exact) mass is 291 g/mol. The van der Waals surface area contributed by atoms with Crippen molar-refractivity contribution in [2.45, 2.75) is 52.0 Å². The summed E-state index contributed by atoms with van der Waals surface area (Å²) in [6.45, 7) is 4.16. The highest BCUT2D eigenvalue weighted by Gasteiger charge is 2.15. The van der Waals surface area contributed by atoms with Gasteiger partial charge in [-0.15, -0.1) is 0 Å². The van der Waals surface area contributed by atoms with Crippen LogP contribution in [0.25, 0.3) is 0 Å². The normalized spacial score (nSPS) is 12.1. The van der Waals surface area contributed by atoms with Crippen LogP contribution in [0.3, 0.4) is 0 Å². The summed E-state index contributed by atoms with van der Waals surface area (Å²) in [6.07, 6.45) is 2.54. The van der Waals surface area contributed by atoms with E-state index >= 15 is 0 Å². The molecular weight excluding hydrogens is 266 g/mol. The third kappa shape index (κ3) is 8.12. The molecule has 0 radical (unpaired) electrons. The lowest BCUT2D eigenvalue weighted by atomic mass is 10.0. The van der Waals surface area contributed by atoms with Crippen LogP contribution < -0.4 is 5.32 Å². The number of rotatable bonds is 9. The Labute approximate surface area is 126 Å². The molecule has 116 valence electrons. The number of benzene rings is 1. The molecule has 0 aliphatic carbocycles. The molecule has 1 aromatic rings. The van der Waals surface area contributed by atoms with Crippen LogP contribution in [0.2, 0.25) is 0 Å². The molecule has 1 amide bonds. The fourth-order valence-electron chi connectivity index (χ4n) is 2.14. The Hall–Kier alpha value is -1.84. The van der Waals surface area contributed by atoms with Gasteiger partial charge in [-0.2, -0.15) is 0 Å². The molecule has 0 bridgehead atoms. The predicted molar refractivity (Wildman–Crippen MR) is 83.0 cm³/mol. The Morgan fingerprint density at radius 2 is 1.76 bits per heavy atom. The lowest BCUT2D eigenvalue weighted by Gasteiger charge is -2.18. The Morgan fingerprint density at radius 3 is 2.33 bits per heavy atom. The maximum atomic E-state index is 11.9. The highest BCUT2D eigenvalue weighted by molar-refractivity contribution is 5.76. The molecule has 0 aliphatic rings. The van der Waals surface area contributed by atoms with Gasteiger partial charge in [0.25, 0.3) is 0 Å². The quantitative estimate of drug-likeness (QED) is 0.735. The molecule has 1 atom stereocenters. The van der Waals surface area contributed by atoms with Crippen LogP contribution in [0.5, 0.6) is 0 Å². The van der Waals surface area contributed by atoms with E-state index in [1.54, 1.807) is 0 Å². The van der Waals surface area contributed by atoms with Crippen molar-refractivity contribution in [2.24, 2.45) is 5.92 Å². The fourth-order valence-corrected chi connectivity index (χ4v) is 2.14. The number of nitrogens with one attached hydrogen (secondary N) is 1.